The first-order chi connectivity index (χ1) is 7.13. The molecule has 0 heterocycles. The van der Waals surface area contributed by atoms with E-state index in [0.717, 1.165) is 12.0 Å². The molecule has 4 heteroatoms. The van der Waals surface area contributed by atoms with Gasteiger partial charge in [0.2, 0.25) is 0 Å². The molecule has 1 aromatic carbocycles. The Kier molecular flexibility index (Phi) is 3.55. The second kappa shape index (κ2) is 4.68. The van der Waals surface area contributed by atoms with Gasteiger partial charge in [-0.25, -0.2) is 0 Å². The van der Waals surface area contributed by atoms with Crippen LogP contribution in [0, 0.1) is 0 Å². The van der Waals surface area contributed by atoms with Gasteiger partial charge in [-0.15, -0.1) is 0 Å². The highest BCUT2D eigenvalue weighted by Gasteiger charge is 2.11. The van der Waals surface area contributed by atoms with Gasteiger partial charge in [0.15, 0.2) is 6.29 Å². The minimum absolute atomic E-state index is 0.486. The lowest BCUT2D eigenvalue weighted by Gasteiger charge is -2.18. The molecule has 0 saturated carbocycles. The molecule has 0 spiro atoms. The van der Waals surface area contributed by atoms with Crippen LogP contribution in [0.2, 0.25) is 0 Å². The Labute approximate surface area is 89.4 Å². The number of hydrogen-bond donors (Lipinski definition) is 0. The Morgan fingerprint density at radius 3 is 2.13 bits per heavy atom. The third-order valence-corrected chi connectivity index (χ3v) is 2.14. The Hall–Kier alpha value is -1.71. The SMILES string of the molecule is COc1cc(N(C)C)c(OC)cc1C=O. The van der Waals surface area contributed by atoms with E-state index in [-0.39, 0.29) is 0 Å². The Balaban J connectivity index is 3.33. The highest BCUT2D eigenvalue weighted by atomic mass is 16.5. The van der Waals surface area contributed by atoms with Crippen molar-refractivity contribution in [3.63, 3.8) is 0 Å². The molecule has 0 fully saturated rings. The lowest BCUT2D eigenvalue weighted by molar-refractivity contribution is 0.112. The number of aldehydes is 1. The monoisotopic (exact) mass is 209 g/mol. The van der Waals surface area contributed by atoms with Crippen LogP contribution in [0.25, 0.3) is 0 Å². The van der Waals surface area contributed by atoms with Crippen molar-refractivity contribution in [2.45, 2.75) is 0 Å². The largest absolute Gasteiger partial charge is 0.496 e. The maximum absolute atomic E-state index is 10.8. The third-order valence-electron chi connectivity index (χ3n) is 2.14. The van der Waals surface area contributed by atoms with Crippen molar-refractivity contribution in [3.05, 3.63) is 17.7 Å². The lowest BCUT2D eigenvalue weighted by Crippen LogP contribution is -2.10. The van der Waals surface area contributed by atoms with E-state index in [1.54, 1.807) is 19.2 Å². The zero-order valence-electron chi connectivity index (χ0n) is 9.40. The maximum atomic E-state index is 10.8. The molecular formula is C11H15NO3. The summed E-state index contributed by atoms with van der Waals surface area (Å²) in [5, 5.41) is 0. The van der Waals surface area contributed by atoms with Crippen molar-refractivity contribution in [3.8, 4) is 11.5 Å². The average Bonchev–Trinajstić information content (AvgIpc) is 2.26. The van der Waals surface area contributed by atoms with Crippen molar-refractivity contribution in [1.82, 2.24) is 0 Å². The van der Waals surface area contributed by atoms with Gasteiger partial charge in [-0.05, 0) is 6.07 Å². The molecule has 0 aliphatic carbocycles. The van der Waals surface area contributed by atoms with E-state index in [9.17, 15) is 4.79 Å². The summed E-state index contributed by atoms with van der Waals surface area (Å²) in [5.41, 5.74) is 1.36. The first kappa shape index (κ1) is 11.4. The van der Waals surface area contributed by atoms with E-state index < -0.39 is 0 Å². The van der Waals surface area contributed by atoms with Crippen LogP contribution < -0.4 is 14.4 Å². The van der Waals surface area contributed by atoms with Crippen molar-refractivity contribution in [1.29, 1.82) is 0 Å². The molecule has 0 atom stereocenters. The van der Waals surface area contributed by atoms with Gasteiger partial charge < -0.3 is 14.4 Å². The van der Waals surface area contributed by atoms with Crippen LogP contribution in [0.4, 0.5) is 5.69 Å². The van der Waals surface area contributed by atoms with Crippen LogP contribution >= 0.6 is 0 Å². The molecule has 82 valence electrons. The molecule has 0 aromatic heterocycles. The van der Waals surface area contributed by atoms with Gasteiger partial charge >= 0.3 is 0 Å². The smallest absolute Gasteiger partial charge is 0.153 e. The fourth-order valence-electron chi connectivity index (χ4n) is 1.35. The third kappa shape index (κ3) is 2.21. The summed E-state index contributed by atoms with van der Waals surface area (Å²) < 4.78 is 10.3. The zero-order chi connectivity index (χ0) is 11.4. The van der Waals surface area contributed by atoms with Gasteiger partial charge in [-0.1, -0.05) is 0 Å². The van der Waals surface area contributed by atoms with Gasteiger partial charge in [0, 0.05) is 20.2 Å². The molecule has 0 N–H and O–H groups in total. The summed E-state index contributed by atoms with van der Waals surface area (Å²) >= 11 is 0. The first-order valence-electron chi connectivity index (χ1n) is 4.52. The molecule has 1 rings (SSSR count). The second-order valence-corrected chi connectivity index (χ2v) is 3.28. The minimum atomic E-state index is 0.486. The van der Waals surface area contributed by atoms with E-state index in [0.29, 0.717) is 17.1 Å². The van der Waals surface area contributed by atoms with Gasteiger partial charge in [-0.2, -0.15) is 0 Å². The lowest BCUT2D eigenvalue weighted by atomic mass is 10.1. The van der Waals surface area contributed by atoms with Crippen LogP contribution in [0.15, 0.2) is 12.1 Å². The van der Waals surface area contributed by atoms with E-state index in [4.69, 9.17) is 9.47 Å². The Morgan fingerprint density at radius 2 is 1.73 bits per heavy atom. The molecule has 1 aromatic rings. The van der Waals surface area contributed by atoms with Crippen LogP contribution in [0.5, 0.6) is 11.5 Å². The predicted molar refractivity (Wildman–Crippen MR) is 59.3 cm³/mol. The fourth-order valence-corrected chi connectivity index (χ4v) is 1.35. The number of benzene rings is 1. The average molecular weight is 209 g/mol. The highest BCUT2D eigenvalue weighted by molar-refractivity contribution is 5.83. The summed E-state index contributed by atoms with van der Waals surface area (Å²) in [6, 6.07) is 3.45. The summed E-state index contributed by atoms with van der Waals surface area (Å²) in [4.78, 5) is 12.7. The molecule has 15 heavy (non-hydrogen) atoms. The summed E-state index contributed by atoms with van der Waals surface area (Å²) in [7, 11) is 6.91. The molecule has 0 unspecified atom stereocenters. The number of rotatable bonds is 4. The van der Waals surface area contributed by atoms with Gasteiger partial charge in [0.1, 0.15) is 11.5 Å². The standard InChI is InChI=1S/C11H15NO3/c1-12(2)9-6-10(14-3)8(7-13)5-11(9)15-4/h5-7H,1-4H3. The molecule has 0 aliphatic rings. The van der Waals surface area contributed by atoms with Gasteiger partial charge in [0.25, 0.3) is 0 Å². The summed E-state index contributed by atoms with van der Waals surface area (Å²) in [6.07, 6.45) is 0.751. The van der Waals surface area contributed by atoms with Crippen LogP contribution in [0.1, 0.15) is 10.4 Å². The number of nitrogens with zero attached hydrogens (tertiary/aromatic N) is 1. The molecule has 0 radical (unpaired) electrons. The molecule has 0 bridgehead atoms. The van der Waals surface area contributed by atoms with E-state index in [1.807, 2.05) is 19.0 Å². The highest BCUT2D eigenvalue weighted by Crippen LogP contribution is 2.33. The maximum Gasteiger partial charge on any atom is 0.153 e. The van der Waals surface area contributed by atoms with Crippen LogP contribution in [-0.4, -0.2) is 34.6 Å². The second-order valence-electron chi connectivity index (χ2n) is 3.28. The van der Waals surface area contributed by atoms with Gasteiger partial charge in [-0.3, -0.25) is 4.79 Å². The molecule has 0 saturated heterocycles. The summed E-state index contributed by atoms with van der Waals surface area (Å²) in [5.74, 6) is 1.21. The zero-order valence-corrected chi connectivity index (χ0v) is 9.40. The minimum Gasteiger partial charge on any atom is -0.496 e. The molecular weight excluding hydrogens is 194 g/mol. The van der Waals surface area contributed by atoms with E-state index in [1.165, 1.54) is 7.11 Å². The first-order valence-corrected chi connectivity index (χ1v) is 4.52. The van der Waals surface area contributed by atoms with Gasteiger partial charge in [0.05, 0.1) is 25.5 Å². The molecule has 4 nitrogen and oxygen atoms in total. The number of anilines is 1. The quantitative estimate of drug-likeness (QED) is 0.706. The number of carbonyl (C=O) groups excluding carboxylic acids is 1. The van der Waals surface area contributed by atoms with Crippen LogP contribution in [0.3, 0.4) is 0 Å². The van der Waals surface area contributed by atoms with E-state index in [2.05, 4.69) is 0 Å². The number of methoxy groups -OCH3 is 2. The topological polar surface area (TPSA) is 38.8 Å². The van der Waals surface area contributed by atoms with Crippen molar-refractivity contribution >= 4 is 12.0 Å². The van der Waals surface area contributed by atoms with Crippen LogP contribution in [-0.2, 0) is 0 Å². The fraction of sp³-hybridized carbons (Fsp3) is 0.364. The summed E-state index contributed by atoms with van der Waals surface area (Å²) in [6.45, 7) is 0. The molecule has 0 amide bonds. The Morgan fingerprint density at radius 1 is 1.13 bits per heavy atom. The van der Waals surface area contributed by atoms with Crippen molar-refractivity contribution in [2.75, 3.05) is 33.2 Å². The normalized spacial score (nSPS) is 9.60. The van der Waals surface area contributed by atoms with E-state index >= 15 is 0 Å². The Bertz CT molecular complexity index is 361. The van der Waals surface area contributed by atoms with Crippen molar-refractivity contribution < 1.29 is 14.3 Å². The van der Waals surface area contributed by atoms with Crippen molar-refractivity contribution in [2.24, 2.45) is 0 Å². The molecule has 0 aliphatic heterocycles. The number of ether oxygens (including phenoxy) is 2. The predicted octanol–water partition coefficient (Wildman–Crippen LogP) is 1.58. The number of carbonyl (C=O) groups is 1. The number of hydrogen-bond acceptors (Lipinski definition) is 4.